The van der Waals surface area contributed by atoms with E-state index < -0.39 is 12.0 Å². The van der Waals surface area contributed by atoms with Crippen LogP contribution in [0.3, 0.4) is 0 Å². The molecule has 4 heteroatoms. The molecule has 1 atom stereocenters. The summed E-state index contributed by atoms with van der Waals surface area (Å²) in [5, 5.41) is 0. The van der Waals surface area contributed by atoms with Gasteiger partial charge in [0.2, 0.25) is 0 Å². The van der Waals surface area contributed by atoms with Crippen molar-refractivity contribution < 1.29 is 18.3 Å². The highest BCUT2D eigenvalue weighted by Crippen LogP contribution is 2.25. The Balaban J connectivity index is 1.61. The van der Waals surface area contributed by atoms with E-state index in [0.717, 1.165) is 24.0 Å². The van der Waals surface area contributed by atoms with E-state index in [1.54, 1.807) is 6.07 Å². The van der Waals surface area contributed by atoms with Crippen LogP contribution in [0, 0.1) is 5.82 Å². The van der Waals surface area contributed by atoms with E-state index in [1.165, 1.54) is 31.7 Å². The summed E-state index contributed by atoms with van der Waals surface area (Å²) in [6.45, 7) is 3.00. The summed E-state index contributed by atoms with van der Waals surface area (Å²) in [5.74, 6) is -0.282. The van der Waals surface area contributed by atoms with E-state index in [2.05, 4.69) is 6.92 Å². The SMILES string of the molecule is CCCCCCCCOCC(F)CCOc1ccc(-c2ccccc2)cc1F. The maximum Gasteiger partial charge on any atom is 0.165 e. The van der Waals surface area contributed by atoms with Crippen molar-refractivity contribution in [2.75, 3.05) is 19.8 Å². The molecule has 0 spiro atoms. The van der Waals surface area contributed by atoms with Crippen molar-refractivity contribution in [2.24, 2.45) is 0 Å². The van der Waals surface area contributed by atoms with Gasteiger partial charge >= 0.3 is 0 Å². The average Bonchev–Trinajstić information content (AvgIpc) is 2.72. The lowest BCUT2D eigenvalue weighted by molar-refractivity contribution is 0.0680. The van der Waals surface area contributed by atoms with Crippen LogP contribution >= 0.6 is 0 Å². The first kappa shape index (κ1) is 22.4. The fraction of sp³-hybridized carbons (Fsp3) is 0.500. The van der Waals surface area contributed by atoms with Gasteiger partial charge in [0.15, 0.2) is 11.6 Å². The van der Waals surface area contributed by atoms with Crippen LogP contribution in [0.1, 0.15) is 51.9 Å². The van der Waals surface area contributed by atoms with Crippen molar-refractivity contribution >= 4 is 0 Å². The second kappa shape index (κ2) is 13.3. The molecule has 0 aromatic heterocycles. The standard InChI is InChI=1S/C24H32F2O2/c1-2-3-4-5-6-10-16-27-19-22(25)15-17-28-24-14-13-21(18-23(24)26)20-11-8-7-9-12-20/h7-9,11-14,18,22H,2-6,10,15-17,19H2,1H3. The summed E-state index contributed by atoms with van der Waals surface area (Å²) in [6, 6.07) is 14.4. The van der Waals surface area contributed by atoms with Crippen LogP contribution in [0.25, 0.3) is 11.1 Å². The van der Waals surface area contributed by atoms with E-state index in [4.69, 9.17) is 9.47 Å². The van der Waals surface area contributed by atoms with Gasteiger partial charge in [-0.15, -0.1) is 0 Å². The Morgan fingerprint density at radius 1 is 0.857 bits per heavy atom. The molecule has 0 saturated carbocycles. The first-order chi connectivity index (χ1) is 13.7. The Kier molecular flexibility index (Phi) is 10.6. The summed E-state index contributed by atoms with van der Waals surface area (Å²) < 4.78 is 38.9. The molecular formula is C24H32F2O2. The van der Waals surface area contributed by atoms with Gasteiger partial charge in [0.1, 0.15) is 6.17 Å². The van der Waals surface area contributed by atoms with Crippen molar-refractivity contribution in [1.29, 1.82) is 0 Å². The molecule has 0 radical (unpaired) electrons. The van der Waals surface area contributed by atoms with Gasteiger partial charge in [-0.2, -0.15) is 0 Å². The van der Waals surface area contributed by atoms with Crippen LogP contribution in [0.2, 0.25) is 0 Å². The number of rotatable bonds is 14. The minimum absolute atomic E-state index is 0.0771. The first-order valence-corrected chi connectivity index (χ1v) is 10.4. The van der Waals surface area contributed by atoms with Crippen molar-refractivity contribution in [1.82, 2.24) is 0 Å². The van der Waals surface area contributed by atoms with Crippen LogP contribution in [-0.2, 0) is 4.74 Å². The third-order valence-electron chi connectivity index (χ3n) is 4.67. The number of alkyl halides is 1. The fourth-order valence-electron chi connectivity index (χ4n) is 3.00. The van der Waals surface area contributed by atoms with Crippen molar-refractivity contribution in [3.63, 3.8) is 0 Å². The third kappa shape index (κ3) is 8.39. The van der Waals surface area contributed by atoms with Gasteiger partial charge in [-0.3, -0.25) is 0 Å². The predicted molar refractivity (Wildman–Crippen MR) is 111 cm³/mol. The molecule has 0 aliphatic rings. The Morgan fingerprint density at radius 2 is 1.61 bits per heavy atom. The molecule has 2 nitrogen and oxygen atoms in total. The van der Waals surface area contributed by atoms with Crippen molar-refractivity contribution in [3.05, 3.63) is 54.3 Å². The molecule has 154 valence electrons. The van der Waals surface area contributed by atoms with Gasteiger partial charge < -0.3 is 9.47 Å². The largest absolute Gasteiger partial charge is 0.490 e. The molecule has 2 aromatic carbocycles. The molecular weight excluding hydrogens is 358 g/mol. The number of ether oxygens (including phenoxy) is 2. The second-order valence-corrected chi connectivity index (χ2v) is 7.09. The second-order valence-electron chi connectivity index (χ2n) is 7.09. The predicted octanol–water partition coefficient (Wildman–Crippen LogP) is 6.98. The van der Waals surface area contributed by atoms with E-state index in [-0.39, 0.29) is 25.4 Å². The monoisotopic (exact) mass is 390 g/mol. The smallest absolute Gasteiger partial charge is 0.165 e. The third-order valence-corrected chi connectivity index (χ3v) is 4.67. The van der Waals surface area contributed by atoms with Gasteiger partial charge in [-0.05, 0) is 29.7 Å². The van der Waals surface area contributed by atoms with Crippen LogP contribution in [0.5, 0.6) is 5.75 Å². The summed E-state index contributed by atoms with van der Waals surface area (Å²) >= 11 is 0. The molecule has 0 aliphatic heterocycles. The molecule has 0 saturated heterocycles. The van der Waals surface area contributed by atoms with Crippen LogP contribution in [0.4, 0.5) is 8.78 Å². The topological polar surface area (TPSA) is 18.5 Å². The molecule has 0 N–H and O–H groups in total. The summed E-state index contributed by atoms with van der Waals surface area (Å²) in [6.07, 6.45) is 6.22. The fourth-order valence-corrected chi connectivity index (χ4v) is 3.00. The number of unbranched alkanes of at least 4 members (excludes halogenated alkanes) is 5. The lowest BCUT2D eigenvalue weighted by atomic mass is 10.1. The molecule has 1 unspecified atom stereocenters. The van der Waals surface area contributed by atoms with Gasteiger partial charge in [0.25, 0.3) is 0 Å². The zero-order valence-electron chi connectivity index (χ0n) is 16.8. The van der Waals surface area contributed by atoms with E-state index in [9.17, 15) is 8.78 Å². The molecule has 28 heavy (non-hydrogen) atoms. The maximum atomic E-state index is 14.2. The zero-order valence-corrected chi connectivity index (χ0v) is 16.8. The van der Waals surface area contributed by atoms with E-state index >= 15 is 0 Å². The number of halogens is 2. The Hall–Kier alpha value is -1.94. The van der Waals surface area contributed by atoms with Gasteiger partial charge in [-0.1, -0.05) is 75.4 Å². The highest BCUT2D eigenvalue weighted by atomic mass is 19.1. The molecule has 0 bridgehead atoms. The van der Waals surface area contributed by atoms with Crippen molar-refractivity contribution in [2.45, 2.75) is 58.0 Å². The van der Waals surface area contributed by atoms with Crippen LogP contribution in [-0.4, -0.2) is 26.0 Å². The highest BCUT2D eigenvalue weighted by Gasteiger charge is 2.10. The Labute approximate surface area is 167 Å². The average molecular weight is 391 g/mol. The molecule has 2 aromatic rings. The Morgan fingerprint density at radius 3 is 2.36 bits per heavy atom. The maximum absolute atomic E-state index is 14.2. The van der Waals surface area contributed by atoms with Gasteiger partial charge in [-0.25, -0.2) is 8.78 Å². The Bertz CT molecular complexity index is 661. The summed E-state index contributed by atoms with van der Waals surface area (Å²) in [7, 11) is 0. The van der Waals surface area contributed by atoms with E-state index in [1.807, 2.05) is 36.4 Å². The molecule has 0 aliphatic carbocycles. The minimum atomic E-state index is -1.09. The summed E-state index contributed by atoms with van der Waals surface area (Å²) in [5.41, 5.74) is 1.73. The zero-order chi connectivity index (χ0) is 20.0. The lowest BCUT2D eigenvalue weighted by Gasteiger charge is -2.12. The molecule has 0 amide bonds. The quantitative estimate of drug-likeness (QED) is 0.324. The highest BCUT2D eigenvalue weighted by molar-refractivity contribution is 5.64. The number of benzene rings is 2. The van der Waals surface area contributed by atoms with Gasteiger partial charge in [0.05, 0.1) is 13.2 Å². The molecule has 0 heterocycles. The van der Waals surface area contributed by atoms with Crippen LogP contribution in [0.15, 0.2) is 48.5 Å². The van der Waals surface area contributed by atoms with Gasteiger partial charge in [0, 0.05) is 13.0 Å². The summed E-state index contributed by atoms with van der Waals surface area (Å²) in [4.78, 5) is 0. The van der Waals surface area contributed by atoms with E-state index in [0.29, 0.717) is 6.61 Å². The van der Waals surface area contributed by atoms with Crippen molar-refractivity contribution in [3.8, 4) is 16.9 Å². The lowest BCUT2D eigenvalue weighted by Crippen LogP contribution is -2.15. The number of hydrogen-bond donors (Lipinski definition) is 0. The first-order valence-electron chi connectivity index (χ1n) is 10.4. The minimum Gasteiger partial charge on any atom is -0.490 e. The van der Waals surface area contributed by atoms with Crippen LogP contribution < -0.4 is 4.74 Å². The number of hydrogen-bond acceptors (Lipinski definition) is 2. The molecule has 2 rings (SSSR count). The normalized spacial score (nSPS) is 12.1. The molecule has 0 fully saturated rings.